The Kier molecular flexibility index (Phi) is 6.66. The second-order valence-electron chi connectivity index (χ2n) is 10.8. The van der Waals surface area contributed by atoms with E-state index < -0.39 is 18.1 Å². The third-order valence-electron chi connectivity index (χ3n) is 8.41. The van der Waals surface area contributed by atoms with Crippen molar-refractivity contribution in [3.8, 4) is 5.75 Å². The van der Waals surface area contributed by atoms with E-state index in [9.17, 15) is 14.4 Å². The predicted molar refractivity (Wildman–Crippen MR) is 164 cm³/mol. The highest BCUT2D eigenvalue weighted by Gasteiger charge is 2.53. The van der Waals surface area contributed by atoms with E-state index in [4.69, 9.17) is 4.74 Å². The number of urea groups is 1. The number of hydrogen-bond donors (Lipinski definition) is 2. The summed E-state index contributed by atoms with van der Waals surface area (Å²) in [6, 6.07) is 30.6. The average molecular weight is 571 g/mol. The van der Waals surface area contributed by atoms with Gasteiger partial charge in [0.15, 0.2) is 0 Å². The van der Waals surface area contributed by atoms with Gasteiger partial charge in [0.2, 0.25) is 0 Å². The molecule has 2 atom stereocenters. The quantitative estimate of drug-likeness (QED) is 0.248. The molecule has 1 aromatic heterocycles. The van der Waals surface area contributed by atoms with Gasteiger partial charge in [-0.15, -0.1) is 0 Å². The van der Waals surface area contributed by atoms with Crippen LogP contribution in [0.25, 0.3) is 10.9 Å². The van der Waals surface area contributed by atoms with Crippen LogP contribution in [-0.2, 0) is 17.6 Å². The lowest BCUT2D eigenvalue weighted by Gasteiger charge is -2.36. The molecule has 2 unspecified atom stereocenters. The van der Waals surface area contributed by atoms with Crippen molar-refractivity contribution in [1.82, 2.24) is 15.2 Å². The smallest absolute Gasteiger partial charge is 0.332 e. The van der Waals surface area contributed by atoms with Gasteiger partial charge in [0, 0.05) is 29.6 Å². The Morgan fingerprint density at radius 3 is 2.42 bits per heavy atom. The second kappa shape index (κ2) is 10.8. The van der Waals surface area contributed by atoms with Crippen LogP contribution < -0.4 is 15.0 Å². The van der Waals surface area contributed by atoms with E-state index in [-0.39, 0.29) is 23.1 Å². The van der Waals surface area contributed by atoms with Crippen molar-refractivity contribution < 1.29 is 19.1 Å². The molecule has 4 amide bonds. The van der Waals surface area contributed by atoms with Gasteiger partial charge in [-0.25, -0.2) is 9.69 Å². The van der Waals surface area contributed by atoms with Crippen LogP contribution in [0.4, 0.5) is 10.5 Å². The normalized spacial score (nSPS) is 17.6. The first-order valence-corrected chi connectivity index (χ1v) is 14.4. The summed E-state index contributed by atoms with van der Waals surface area (Å²) in [5.74, 6) is 0.0227. The molecule has 0 aliphatic carbocycles. The third-order valence-corrected chi connectivity index (χ3v) is 8.41. The number of rotatable bonds is 7. The topological polar surface area (TPSA) is 94.7 Å². The fraction of sp³-hybridized carbons (Fsp3) is 0.171. The van der Waals surface area contributed by atoms with E-state index >= 15 is 0 Å². The molecule has 214 valence electrons. The molecule has 0 radical (unpaired) electrons. The number of nitrogens with one attached hydrogen (secondary N) is 2. The van der Waals surface area contributed by atoms with Gasteiger partial charge in [-0.3, -0.25) is 14.5 Å². The van der Waals surface area contributed by atoms with Crippen molar-refractivity contribution in [3.05, 3.63) is 131 Å². The fourth-order valence-electron chi connectivity index (χ4n) is 6.35. The highest BCUT2D eigenvalue weighted by Crippen LogP contribution is 2.45. The van der Waals surface area contributed by atoms with E-state index in [1.807, 2.05) is 78.9 Å². The molecule has 5 aromatic rings. The van der Waals surface area contributed by atoms with E-state index in [0.29, 0.717) is 25.1 Å². The maximum absolute atomic E-state index is 14.3. The lowest BCUT2D eigenvalue weighted by Crippen LogP contribution is -2.44. The average Bonchev–Trinajstić information content (AvgIpc) is 3.54. The number of aromatic amines is 1. The number of anilines is 1. The van der Waals surface area contributed by atoms with Crippen LogP contribution in [0, 0.1) is 0 Å². The maximum Gasteiger partial charge on any atom is 0.332 e. The zero-order valence-electron chi connectivity index (χ0n) is 23.6. The van der Waals surface area contributed by atoms with Crippen LogP contribution >= 0.6 is 0 Å². The van der Waals surface area contributed by atoms with Crippen molar-refractivity contribution in [2.45, 2.75) is 24.9 Å². The van der Waals surface area contributed by atoms with Crippen molar-refractivity contribution in [2.24, 2.45) is 0 Å². The minimum atomic E-state index is -0.722. The number of benzene rings is 4. The van der Waals surface area contributed by atoms with Gasteiger partial charge in [0.1, 0.15) is 17.8 Å². The standard InChI is InChI=1S/C35H30N4O4/c1-43-24-17-15-23(16-18-24)32-31-27(25-11-5-7-13-28(25)37-31)21-30-34(41)39(35(42)38(30)32)29-14-8-6-12-26(29)33(40)36-20-19-22-9-3-2-4-10-22/h2-18,30,32,37H,19-21H2,1H3,(H,36,40). The molecule has 3 heterocycles. The zero-order valence-corrected chi connectivity index (χ0v) is 23.6. The molecule has 1 saturated heterocycles. The lowest BCUT2D eigenvalue weighted by molar-refractivity contribution is -0.120. The summed E-state index contributed by atoms with van der Waals surface area (Å²) in [4.78, 5) is 48.3. The Bertz CT molecular complexity index is 1850. The number of hydrogen-bond acceptors (Lipinski definition) is 4. The van der Waals surface area contributed by atoms with Gasteiger partial charge in [0.25, 0.3) is 11.8 Å². The number of ether oxygens (including phenoxy) is 1. The molecular weight excluding hydrogens is 540 g/mol. The van der Waals surface area contributed by atoms with Gasteiger partial charge in [-0.05, 0) is 53.4 Å². The minimum Gasteiger partial charge on any atom is -0.497 e. The highest BCUT2D eigenvalue weighted by molar-refractivity contribution is 6.24. The van der Waals surface area contributed by atoms with Gasteiger partial charge in [-0.2, -0.15) is 0 Å². The summed E-state index contributed by atoms with van der Waals surface area (Å²) < 4.78 is 5.37. The molecule has 0 bridgehead atoms. The SMILES string of the molecule is COc1ccc(C2c3[nH]c4ccccc4c3CC3C(=O)N(c4ccccc4C(=O)NCCc4ccccc4)C(=O)N32)cc1. The first kappa shape index (κ1) is 26.5. The number of carbonyl (C=O) groups excluding carboxylic acids is 3. The largest absolute Gasteiger partial charge is 0.497 e. The molecular formula is C35H30N4O4. The number of nitrogens with zero attached hydrogens (tertiary/aromatic N) is 2. The molecule has 7 rings (SSSR count). The van der Waals surface area contributed by atoms with Gasteiger partial charge < -0.3 is 15.0 Å². The summed E-state index contributed by atoms with van der Waals surface area (Å²) in [6.07, 6.45) is 1.04. The first-order valence-electron chi connectivity index (χ1n) is 14.4. The van der Waals surface area contributed by atoms with E-state index in [2.05, 4.69) is 10.3 Å². The van der Waals surface area contributed by atoms with Gasteiger partial charge >= 0.3 is 6.03 Å². The maximum atomic E-state index is 14.3. The lowest BCUT2D eigenvalue weighted by atomic mass is 9.89. The van der Waals surface area contributed by atoms with E-state index in [0.717, 1.165) is 33.3 Å². The number of fused-ring (bicyclic) bond motifs is 4. The molecule has 8 nitrogen and oxygen atoms in total. The number of carbonyl (C=O) groups is 3. The Balaban J connectivity index is 1.25. The summed E-state index contributed by atoms with van der Waals surface area (Å²) in [5, 5.41) is 4.00. The minimum absolute atomic E-state index is 0.280. The third kappa shape index (κ3) is 4.52. The molecule has 0 saturated carbocycles. The van der Waals surface area contributed by atoms with Crippen LogP contribution in [0.2, 0.25) is 0 Å². The van der Waals surface area contributed by atoms with Crippen LogP contribution in [0.15, 0.2) is 103 Å². The molecule has 8 heteroatoms. The van der Waals surface area contributed by atoms with Crippen LogP contribution in [0.5, 0.6) is 5.75 Å². The van der Waals surface area contributed by atoms with Gasteiger partial charge in [0.05, 0.1) is 18.4 Å². The summed E-state index contributed by atoms with van der Waals surface area (Å²) in [5.41, 5.74) is 5.39. The molecule has 2 aliphatic heterocycles. The Labute approximate surface area is 248 Å². The molecule has 2 N–H and O–H groups in total. The van der Waals surface area contributed by atoms with Crippen molar-refractivity contribution in [3.63, 3.8) is 0 Å². The number of aromatic nitrogens is 1. The van der Waals surface area contributed by atoms with E-state index in [1.165, 1.54) is 4.90 Å². The summed E-state index contributed by atoms with van der Waals surface area (Å²) in [6.45, 7) is 0.426. The molecule has 43 heavy (non-hydrogen) atoms. The van der Waals surface area contributed by atoms with Crippen molar-refractivity contribution in [1.29, 1.82) is 0 Å². The number of amides is 4. The highest BCUT2D eigenvalue weighted by atomic mass is 16.5. The monoisotopic (exact) mass is 570 g/mol. The van der Waals surface area contributed by atoms with Gasteiger partial charge in [-0.1, -0.05) is 72.8 Å². The summed E-state index contributed by atoms with van der Waals surface area (Å²) >= 11 is 0. The molecule has 1 fully saturated rings. The molecule has 2 aliphatic rings. The van der Waals surface area contributed by atoms with Crippen LogP contribution in [0.3, 0.4) is 0 Å². The van der Waals surface area contributed by atoms with Crippen molar-refractivity contribution >= 4 is 34.4 Å². The number of methoxy groups -OCH3 is 1. The Morgan fingerprint density at radius 2 is 1.63 bits per heavy atom. The van der Waals surface area contributed by atoms with Crippen LogP contribution in [-0.4, -0.2) is 47.4 Å². The van der Waals surface area contributed by atoms with E-state index in [1.54, 1.807) is 36.3 Å². The number of imide groups is 1. The van der Waals surface area contributed by atoms with Crippen LogP contribution in [0.1, 0.15) is 38.8 Å². The summed E-state index contributed by atoms with van der Waals surface area (Å²) in [7, 11) is 1.61. The molecule has 4 aromatic carbocycles. The Hall–Kier alpha value is -5.37. The second-order valence-corrected chi connectivity index (χ2v) is 10.8. The zero-order chi connectivity index (χ0) is 29.5. The fourth-order valence-corrected chi connectivity index (χ4v) is 6.35. The first-order chi connectivity index (χ1) is 21.0. The number of para-hydroxylation sites is 2. The van der Waals surface area contributed by atoms with Crippen molar-refractivity contribution in [2.75, 3.05) is 18.6 Å². The number of H-pyrrole nitrogens is 1. The Morgan fingerprint density at radius 1 is 0.907 bits per heavy atom. The molecule has 0 spiro atoms. The predicted octanol–water partition coefficient (Wildman–Crippen LogP) is 5.63.